The first-order valence-corrected chi connectivity index (χ1v) is 13.1. The minimum atomic E-state index is -0.612. The van der Waals surface area contributed by atoms with Crippen LogP contribution in [0.4, 0.5) is 5.69 Å². The van der Waals surface area contributed by atoms with Gasteiger partial charge in [0.1, 0.15) is 6.17 Å². The van der Waals surface area contributed by atoms with E-state index in [1.54, 1.807) is 30.8 Å². The van der Waals surface area contributed by atoms with E-state index in [4.69, 9.17) is 14.2 Å². The number of benzene rings is 1. The first kappa shape index (κ1) is 29.1. The summed E-state index contributed by atoms with van der Waals surface area (Å²) in [6.07, 6.45) is 8.05. The summed E-state index contributed by atoms with van der Waals surface area (Å²) in [6.45, 7) is 1.82. The molecule has 3 rings (SSSR count). The average Bonchev–Trinajstić information content (AvgIpc) is 3.29. The summed E-state index contributed by atoms with van der Waals surface area (Å²) in [6, 6.07) is 3.52. The van der Waals surface area contributed by atoms with Gasteiger partial charge in [-0.15, -0.1) is 0 Å². The number of fused-ring (bicyclic) bond motifs is 1. The summed E-state index contributed by atoms with van der Waals surface area (Å²) in [5, 5.41) is 12.8. The number of methoxy groups -OCH3 is 3. The maximum absolute atomic E-state index is 13.6. The van der Waals surface area contributed by atoms with Gasteiger partial charge in [0.15, 0.2) is 22.7 Å². The molecule has 2 unspecified atom stereocenters. The molecule has 11 nitrogen and oxygen atoms in total. The van der Waals surface area contributed by atoms with Crippen molar-refractivity contribution in [2.75, 3.05) is 26.6 Å². The van der Waals surface area contributed by atoms with Crippen molar-refractivity contribution in [1.82, 2.24) is 18.7 Å². The SMILES string of the molecule is COc1cc(NC(CCCCCCCCC(C)O)n2c(=O)c3c(ncn3C)n(C)c2=O)cc(OC)c1OC. The van der Waals surface area contributed by atoms with Crippen molar-refractivity contribution in [3.05, 3.63) is 39.3 Å². The molecule has 2 heterocycles. The predicted molar refractivity (Wildman–Crippen MR) is 148 cm³/mol. The van der Waals surface area contributed by atoms with Crippen molar-refractivity contribution in [2.45, 2.75) is 70.6 Å². The molecule has 11 heteroatoms. The molecule has 0 fully saturated rings. The monoisotopic (exact) mass is 531 g/mol. The Kier molecular flexibility index (Phi) is 10.2. The number of anilines is 1. The lowest BCUT2D eigenvalue weighted by Crippen LogP contribution is -2.44. The molecule has 0 aliphatic carbocycles. The number of unbranched alkanes of at least 4 members (excludes halogenated alkanes) is 5. The van der Waals surface area contributed by atoms with Crippen molar-refractivity contribution in [3.8, 4) is 17.2 Å². The molecule has 0 aliphatic heterocycles. The smallest absolute Gasteiger partial charge is 0.334 e. The molecule has 2 N–H and O–H groups in total. The molecular weight excluding hydrogens is 490 g/mol. The van der Waals surface area contributed by atoms with Crippen LogP contribution in [-0.4, -0.2) is 51.2 Å². The number of nitrogens with one attached hydrogen (secondary N) is 1. The molecule has 0 amide bonds. The fraction of sp³-hybridized carbons (Fsp3) is 0.593. The standard InChI is InChI=1S/C27H41N5O6/c1-18(33)13-11-9-7-8-10-12-14-22(29-19-15-20(36-4)24(38-6)21(16-19)37-5)32-26(34)23-25(28-17-30(23)2)31(3)27(32)35/h15-18,22,29,33H,7-14H2,1-6H3. The quantitative estimate of drug-likeness (QED) is 0.286. The van der Waals surface area contributed by atoms with Gasteiger partial charge in [-0.1, -0.05) is 32.1 Å². The topological polar surface area (TPSA) is 122 Å². The number of aryl methyl sites for hydroxylation is 2. The fourth-order valence-electron chi connectivity index (χ4n) is 4.75. The highest BCUT2D eigenvalue weighted by molar-refractivity contribution is 5.70. The Labute approximate surface area is 223 Å². The molecule has 3 aromatic rings. The van der Waals surface area contributed by atoms with Crippen LogP contribution in [0.1, 0.15) is 64.5 Å². The summed E-state index contributed by atoms with van der Waals surface area (Å²) in [4.78, 5) is 31.2. The second-order valence-electron chi connectivity index (χ2n) is 9.67. The molecule has 0 saturated heterocycles. The molecule has 0 saturated carbocycles. The number of imidazole rings is 1. The average molecular weight is 532 g/mol. The van der Waals surface area contributed by atoms with Gasteiger partial charge < -0.3 is 29.2 Å². The highest BCUT2D eigenvalue weighted by atomic mass is 16.5. The third-order valence-electron chi connectivity index (χ3n) is 6.81. The van der Waals surface area contributed by atoms with E-state index in [-0.39, 0.29) is 6.10 Å². The predicted octanol–water partition coefficient (Wildman–Crippen LogP) is 3.57. The van der Waals surface area contributed by atoms with E-state index >= 15 is 0 Å². The number of aromatic nitrogens is 4. The van der Waals surface area contributed by atoms with Crippen LogP contribution in [0.5, 0.6) is 17.2 Å². The molecule has 0 aliphatic rings. The van der Waals surface area contributed by atoms with Crippen molar-refractivity contribution in [3.63, 3.8) is 0 Å². The van der Waals surface area contributed by atoms with E-state index in [1.165, 1.54) is 36.8 Å². The van der Waals surface area contributed by atoms with E-state index in [0.29, 0.717) is 40.5 Å². The zero-order chi connectivity index (χ0) is 27.8. The second-order valence-corrected chi connectivity index (χ2v) is 9.67. The maximum atomic E-state index is 13.6. The van der Waals surface area contributed by atoms with Crippen LogP contribution in [0.15, 0.2) is 28.0 Å². The van der Waals surface area contributed by atoms with E-state index in [1.807, 2.05) is 6.92 Å². The molecule has 210 valence electrons. The third kappa shape index (κ3) is 6.50. The van der Waals surface area contributed by atoms with Gasteiger partial charge in [0, 0.05) is 31.9 Å². The molecular formula is C27H41N5O6. The van der Waals surface area contributed by atoms with E-state index in [0.717, 1.165) is 44.9 Å². The Balaban J connectivity index is 1.91. The molecule has 38 heavy (non-hydrogen) atoms. The van der Waals surface area contributed by atoms with Gasteiger partial charge in [-0.2, -0.15) is 0 Å². The van der Waals surface area contributed by atoms with Gasteiger partial charge in [0.2, 0.25) is 5.75 Å². The molecule has 0 bridgehead atoms. The van der Waals surface area contributed by atoms with Crippen molar-refractivity contribution >= 4 is 16.9 Å². The van der Waals surface area contributed by atoms with Crippen LogP contribution in [0.25, 0.3) is 11.2 Å². The van der Waals surface area contributed by atoms with Crippen molar-refractivity contribution in [2.24, 2.45) is 14.1 Å². The van der Waals surface area contributed by atoms with E-state index in [9.17, 15) is 14.7 Å². The minimum Gasteiger partial charge on any atom is -0.493 e. The number of aliphatic hydroxyl groups excluding tert-OH is 1. The van der Waals surface area contributed by atoms with Gasteiger partial charge in [-0.05, 0) is 26.2 Å². The summed E-state index contributed by atoms with van der Waals surface area (Å²) < 4.78 is 20.7. The van der Waals surface area contributed by atoms with Crippen LogP contribution >= 0.6 is 0 Å². The highest BCUT2D eigenvalue weighted by Crippen LogP contribution is 2.40. The lowest BCUT2D eigenvalue weighted by Gasteiger charge is -2.24. The Morgan fingerprint density at radius 1 is 0.921 bits per heavy atom. The number of rotatable bonds is 15. The summed E-state index contributed by atoms with van der Waals surface area (Å²) in [5.41, 5.74) is 0.501. The lowest BCUT2D eigenvalue weighted by atomic mass is 10.1. The number of ether oxygens (including phenoxy) is 3. The molecule has 1 aromatic carbocycles. The van der Waals surface area contributed by atoms with Gasteiger partial charge in [-0.3, -0.25) is 9.36 Å². The number of aliphatic hydroxyl groups is 1. The number of nitrogens with zero attached hydrogens (tertiary/aromatic N) is 4. The first-order valence-electron chi connectivity index (χ1n) is 13.1. The third-order valence-corrected chi connectivity index (χ3v) is 6.81. The fourth-order valence-corrected chi connectivity index (χ4v) is 4.75. The summed E-state index contributed by atoms with van der Waals surface area (Å²) in [7, 11) is 7.97. The Morgan fingerprint density at radius 3 is 2.05 bits per heavy atom. The largest absolute Gasteiger partial charge is 0.493 e. The van der Waals surface area contributed by atoms with Gasteiger partial charge >= 0.3 is 5.69 Å². The Bertz CT molecular complexity index is 1300. The second kappa shape index (κ2) is 13.4. The first-order chi connectivity index (χ1) is 18.2. The normalized spacial score (nSPS) is 12.9. The van der Waals surface area contributed by atoms with E-state index in [2.05, 4.69) is 10.3 Å². The molecule has 2 aromatic heterocycles. The van der Waals surface area contributed by atoms with Crippen LogP contribution in [0, 0.1) is 0 Å². The number of hydrogen-bond donors (Lipinski definition) is 2. The maximum Gasteiger partial charge on any atom is 0.334 e. The molecule has 2 atom stereocenters. The van der Waals surface area contributed by atoms with Crippen LogP contribution < -0.4 is 30.8 Å². The lowest BCUT2D eigenvalue weighted by molar-refractivity contribution is 0.180. The summed E-state index contributed by atoms with van der Waals surface area (Å²) in [5.74, 6) is 1.39. The van der Waals surface area contributed by atoms with Gasteiger partial charge in [0.05, 0.1) is 33.8 Å². The van der Waals surface area contributed by atoms with Crippen molar-refractivity contribution < 1.29 is 19.3 Å². The van der Waals surface area contributed by atoms with Crippen LogP contribution in [0.2, 0.25) is 0 Å². The summed E-state index contributed by atoms with van der Waals surface area (Å²) >= 11 is 0. The Hall–Kier alpha value is -3.47. The van der Waals surface area contributed by atoms with Gasteiger partial charge in [0.25, 0.3) is 5.56 Å². The van der Waals surface area contributed by atoms with Crippen LogP contribution in [0.3, 0.4) is 0 Å². The zero-order valence-electron chi connectivity index (χ0n) is 23.3. The molecule has 0 radical (unpaired) electrons. The van der Waals surface area contributed by atoms with Crippen LogP contribution in [-0.2, 0) is 14.1 Å². The van der Waals surface area contributed by atoms with Gasteiger partial charge in [-0.25, -0.2) is 14.3 Å². The van der Waals surface area contributed by atoms with E-state index < -0.39 is 17.4 Å². The Morgan fingerprint density at radius 2 is 1.50 bits per heavy atom. The number of hydrogen-bond acceptors (Lipinski definition) is 8. The minimum absolute atomic E-state index is 0.255. The zero-order valence-corrected chi connectivity index (χ0v) is 23.3. The van der Waals surface area contributed by atoms with Crippen molar-refractivity contribution in [1.29, 1.82) is 0 Å². The highest BCUT2D eigenvalue weighted by Gasteiger charge is 2.23. The molecule has 0 spiro atoms.